The second-order valence-electron chi connectivity index (χ2n) is 5.13. The number of carbonyl (C=O) groups excluding carboxylic acids is 1. The van der Waals surface area contributed by atoms with Crippen LogP contribution in [0.15, 0.2) is 24.3 Å². The van der Waals surface area contributed by atoms with E-state index in [1.165, 1.54) is 12.1 Å². The summed E-state index contributed by atoms with van der Waals surface area (Å²) in [6.45, 7) is 5.85. The van der Waals surface area contributed by atoms with Crippen LogP contribution >= 0.6 is 0 Å². The zero-order chi connectivity index (χ0) is 14.6. The van der Waals surface area contributed by atoms with Gasteiger partial charge in [-0.1, -0.05) is 26.0 Å². The maximum atomic E-state index is 12.0. The molecule has 1 amide bonds. The lowest BCUT2D eigenvalue weighted by atomic mass is 10.0. The summed E-state index contributed by atoms with van der Waals surface area (Å²) in [5.41, 5.74) is 0.822. The summed E-state index contributed by atoms with van der Waals surface area (Å²) in [5, 5.41) is 10.7. The Morgan fingerprint density at radius 2 is 2.00 bits per heavy atom. The maximum absolute atomic E-state index is 12.0. The van der Waals surface area contributed by atoms with E-state index in [4.69, 9.17) is 0 Å². The van der Waals surface area contributed by atoms with Crippen molar-refractivity contribution in [1.29, 1.82) is 0 Å². The number of benzene rings is 1. The molecule has 0 saturated heterocycles. The molecule has 0 fully saturated rings. The summed E-state index contributed by atoms with van der Waals surface area (Å²) in [4.78, 5) is 23.9. The highest BCUT2D eigenvalue weighted by atomic mass is 16.6. The summed E-state index contributed by atoms with van der Waals surface area (Å²) in [5.74, 6) is 0.348. The molecular weight excluding hydrogens is 244 g/mol. The Morgan fingerprint density at radius 3 is 2.53 bits per heavy atom. The molecular formula is C14H20N2O3. The number of nitro groups is 1. The van der Waals surface area contributed by atoms with E-state index in [2.05, 4.69) is 0 Å². The van der Waals surface area contributed by atoms with Crippen LogP contribution in [-0.4, -0.2) is 22.8 Å². The van der Waals surface area contributed by atoms with E-state index in [0.29, 0.717) is 12.3 Å². The standard InChI is InChI=1S/C14H20N2O3/c1-10(2)8-14(17)15(4)11(3)12-6-5-7-13(9-12)16(18)19/h5-7,9-11H,8H2,1-4H3/t11-/m0/s1. The average molecular weight is 264 g/mol. The van der Waals surface area contributed by atoms with Gasteiger partial charge in [0.1, 0.15) is 0 Å². The van der Waals surface area contributed by atoms with Gasteiger partial charge in [-0.25, -0.2) is 0 Å². The van der Waals surface area contributed by atoms with Crippen LogP contribution in [0, 0.1) is 16.0 Å². The third-order valence-electron chi connectivity index (χ3n) is 3.12. The van der Waals surface area contributed by atoms with Gasteiger partial charge >= 0.3 is 0 Å². The highest BCUT2D eigenvalue weighted by Gasteiger charge is 2.19. The molecule has 0 aliphatic carbocycles. The molecule has 0 saturated carbocycles. The van der Waals surface area contributed by atoms with Crippen LogP contribution in [0.2, 0.25) is 0 Å². The minimum absolute atomic E-state index is 0.0500. The first-order valence-electron chi connectivity index (χ1n) is 6.33. The molecule has 0 spiro atoms. The van der Waals surface area contributed by atoms with Crippen LogP contribution in [0.5, 0.6) is 0 Å². The zero-order valence-corrected chi connectivity index (χ0v) is 11.8. The number of hydrogen-bond donors (Lipinski definition) is 0. The molecule has 0 aliphatic rings. The Hall–Kier alpha value is -1.91. The fourth-order valence-corrected chi connectivity index (χ4v) is 1.83. The molecule has 5 heteroatoms. The predicted molar refractivity (Wildman–Crippen MR) is 73.7 cm³/mol. The minimum atomic E-state index is -0.424. The van der Waals surface area contributed by atoms with E-state index < -0.39 is 4.92 Å². The fraction of sp³-hybridized carbons (Fsp3) is 0.500. The SMILES string of the molecule is CC(C)CC(=O)N(C)[C@@H](C)c1cccc([N+](=O)[O-])c1. The molecule has 1 rings (SSSR count). The molecule has 0 heterocycles. The smallest absolute Gasteiger partial charge is 0.269 e. The summed E-state index contributed by atoms with van der Waals surface area (Å²) >= 11 is 0. The molecule has 0 unspecified atom stereocenters. The number of rotatable bonds is 5. The van der Waals surface area contributed by atoms with Crippen molar-refractivity contribution in [2.75, 3.05) is 7.05 Å². The van der Waals surface area contributed by atoms with Gasteiger partial charge < -0.3 is 4.90 Å². The molecule has 5 nitrogen and oxygen atoms in total. The average Bonchev–Trinajstić information content (AvgIpc) is 2.36. The number of nitro benzene ring substituents is 1. The van der Waals surface area contributed by atoms with Crippen LogP contribution in [0.3, 0.4) is 0 Å². The van der Waals surface area contributed by atoms with Gasteiger partial charge in [0.25, 0.3) is 5.69 Å². The number of hydrogen-bond acceptors (Lipinski definition) is 3. The third kappa shape index (κ3) is 4.05. The Labute approximate surface area is 113 Å². The second-order valence-corrected chi connectivity index (χ2v) is 5.13. The molecule has 0 radical (unpaired) electrons. The molecule has 1 aromatic rings. The first kappa shape index (κ1) is 15.1. The highest BCUT2D eigenvalue weighted by Crippen LogP contribution is 2.23. The summed E-state index contributed by atoms with van der Waals surface area (Å²) in [7, 11) is 1.73. The molecule has 104 valence electrons. The molecule has 1 atom stereocenters. The second kappa shape index (κ2) is 6.31. The maximum Gasteiger partial charge on any atom is 0.269 e. The summed E-state index contributed by atoms with van der Waals surface area (Å²) in [6, 6.07) is 6.24. The lowest BCUT2D eigenvalue weighted by Gasteiger charge is -2.26. The number of amides is 1. The van der Waals surface area contributed by atoms with Crippen LogP contribution < -0.4 is 0 Å². The number of nitrogens with zero attached hydrogens (tertiary/aromatic N) is 2. The van der Waals surface area contributed by atoms with Crippen molar-refractivity contribution in [3.8, 4) is 0 Å². The van der Waals surface area contributed by atoms with Crippen LogP contribution in [0.25, 0.3) is 0 Å². The summed E-state index contributed by atoms with van der Waals surface area (Å²) in [6.07, 6.45) is 0.482. The fourth-order valence-electron chi connectivity index (χ4n) is 1.83. The number of carbonyl (C=O) groups is 1. The normalized spacial score (nSPS) is 12.3. The summed E-state index contributed by atoms with van der Waals surface area (Å²) < 4.78 is 0. The van der Waals surface area contributed by atoms with Gasteiger partial charge in [-0.2, -0.15) is 0 Å². The van der Waals surface area contributed by atoms with Gasteiger partial charge in [-0.05, 0) is 18.4 Å². The van der Waals surface area contributed by atoms with Crippen molar-refractivity contribution in [1.82, 2.24) is 4.90 Å². The molecule has 19 heavy (non-hydrogen) atoms. The van der Waals surface area contributed by atoms with Gasteiger partial charge in [-0.15, -0.1) is 0 Å². The van der Waals surface area contributed by atoms with Gasteiger partial charge in [-0.3, -0.25) is 14.9 Å². The van der Waals surface area contributed by atoms with Gasteiger partial charge in [0.05, 0.1) is 11.0 Å². The van der Waals surface area contributed by atoms with Crippen molar-refractivity contribution < 1.29 is 9.72 Å². The van der Waals surface area contributed by atoms with E-state index >= 15 is 0 Å². The van der Waals surface area contributed by atoms with Crippen LogP contribution in [0.4, 0.5) is 5.69 Å². The van der Waals surface area contributed by atoms with Crippen LogP contribution in [-0.2, 0) is 4.79 Å². The zero-order valence-electron chi connectivity index (χ0n) is 11.8. The Morgan fingerprint density at radius 1 is 1.37 bits per heavy atom. The van der Waals surface area contributed by atoms with E-state index in [9.17, 15) is 14.9 Å². The quantitative estimate of drug-likeness (QED) is 0.606. The lowest BCUT2D eigenvalue weighted by Crippen LogP contribution is -2.30. The largest absolute Gasteiger partial charge is 0.339 e. The van der Waals surface area contributed by atoms with Crippen molar-refractivity contribution >= 4 is 11.6 Å². The first-order valence-corrected chi connectivity index (χ1v) is 6.33. The predicted octanol–water partition coefficient (Wildman–Crippen LogP) is 3.16. The molecule has 0 bridgehead atoms. The monoisotopic (exact) mass is 264 g/mol. The number of non-ortho nitro benzene ring substituents is 1. The third-order valence-corrected chi connectivity index (χ3v) is 3.12. The first-order chi connectivity index (χ1) is 8.82. The van der Waals surface area contributed by atoms with E-state index in [0.717, 1.165) is 5.56 Å². The van der Waals surface area contributed by atoms with Gasteiger partial charge in [0.15, 0.2) is 0 Å². The van der Waals surface area contributed by atoms with Crippen molar-refractivity contribution in [3.05, 3.63) is 39.9 Å². The van der Waals surface area contributed by atoms with Crippen molar-refractivity contribution in [2.45, 2.75) is 33.2 Å². The highest BCUT2D eigenvalue weighted by molar-refractivity contribution is 5.76. The van der Waals surface area contributed by atoms with Crippen molar-refractivity contribution in [3.63, 3.8) is 0 Å². The molecule has 0 aromatic heterocycles. The Balaban J connectivity index is 2.87. The Kier molecular flexibility index (Phi) is 5.03. The minimum Gasteiger partial charge on any atom is -0.339 e. The van der Waals surface area contributed by atoms with E-state index in [-0.39, 0.29) is 17.6 Å². The topological polar surface area (TPSA) is 63.5 Å². The molecule has 1 aromatic carbocycles. The van der Waals surface area contributed by atoms with Gasteiger partial charge in [0.2, 0.25) is 5.91 Å². The molecule has 0 N–H and O–H groups in total. The molecule has 0 aliphatic heterocycles. The van der Waals surface area contributed by atoms with Gasteiger partial charge in [0, 0.05) is 25.6 Å². The van der Waals surface area contributed by atoms with E-state index in [1.807, 2.05) is 20.8 Å². The van der Waals surface area contributed by atoms with Crippen molar-refractivity contribution in [2.24, 2.45) is 5.92 Å². The van der Waals surface area contributed by atoms with E-state index in [1.54, 1.807) is 24.1 Å². The van der Waals surface area contributed by atoms with Crippen LogP contribution in [0.1, 0.15) is 38.8 Å². The lowest BCUT2D eigenvalue weighted by molar-refractivity contribution is -0.384. The Bertz CT molecular complexity index is 472.